The van der Waals surface area contributed by atoms with Crippen LogP contribution in [0.1, 0.15) is 18.2 Å². The van der Waals surface area contributed by atoms with Crippen molar-refractivity contribution in [1.82, 2.24) is 10.3 Å². The Bertz CT molecular complexity index is 1010. The fourth-order valence-corrected chi connectivity index (χ4v) is 3.32. The lowest BCUT2D eigenvalue weighted by Gasteiger charge is -2.30. The van der Waals surface area contributed by atoms with E-state index in [4.69, 9.17) is 10.5 Å². The smallest absolute Gasteiger partial charge is 0.424 e. The van der Waals surface area contributed by atoms with Crippen LogP contribution in [0.2, 0.25) is 0 Å². The number of aliphatic hydroxyl groups is 1. The summed E-state index contributed by atoms with van der Waals surface area (Å²) < 4.78 is 85.1. The van der Waals surface area contributed by atoms with Crippen molar-refractivity contribution >= 4 is 5.91 Å². The van der Waals surface area contributed by atoms with Crippen LogP contribution < -0.4 is 15.8 Å². The monoisotopic (exact) mass is 463 g/mol. The van der Waals surface area contributed by atoms with E-state index >= 15 is 0 Å². The number of nitrogens with two attached hydrogens (primary N) is 1. The zero-order valence-electron chi connectivity index (χ0n) is 16.6. The molecule has 0 saturated heterocycles. The molecule has 0 saturated carbocycles. The quantitative estimate of drug-likeness (QED) is 0.573. The first kappa shape index (κ1) is 23.8. The number of fused-ring (bicyclic) bond motifs is 1. The molecule has 0 radical (unpaired) electrons. The SMILES string of the molecule is C[C@]1(C(=O)NCC(F)F)COc2c1cc([C@@](O)(CN)C(F)(F)F)nc2-c1ccc(F)cc1. The van der Waals surface area contributed by atoms with Gasteiger partial charge < -0.3 is 20.9 Å². The molecule has 2 atom stereocenters. The van der Waals surface area contributed by atoms with E-state index in [0.29, 0.717) is 0 Å². The number of carbonyl (C=O) groups is 1. The summed E-state index contributed by atoms with van der Waals surface area (Å²) in [4.78, 5) is 16.6. The highest BCUT2D eigenvalue weighted by molar-refractivity contribution is 5.91. The van der Waals surface area contributed by atoms with Crippen molar-refractivity contribution in [2.24, 2.45) is 5.73 Å². The molecule has 1 aliphatic heterocycles. The summed E-state index contributed by atoms with van der Waals surface area (Å²) in [5.41, 5.74) is -1.08. The van der Waals surface area contributed by atoms with Crippen LogP contribution in [0.15, 0.2) is 30.3 Å². The highest BCUT2D eigenvalue weighted by Crippen LogP contribution is 2.47. The molecule has 174 valence electrons. The van der Waals surface area contributed by atoms with Crippen LogP contribution in [0.4, 0.5) is 26.3 Å². The lowest BCUT2D eigenvalue weighted by molar-refractivity contribution is -0.263. The van der Waals surface area contributed by atoms with Crippen LogP contribution in [0, 0.1) is 5.82 Å². The molecule has 2 heterocycles. The topological polar surface area (TPSA) is 97.5 Å². The number of amides is 1. The fraction of sp³-hybridized carbons (Fsp3) is 0.400. The van der Waals surface area contributed by atoms with Crippen LogP contribution in [0.25, 0.3) is 11.3 Å². The number of ether oxygens (including phenoxy) is 1. The van der Waals surface area contributed by atoms with Crippen molar-refractivity contribution in [3.63, 3.8) is 0 Å². The van der Waals surface area contributed by atoms with Crippen molar-refractivity contribution in [3.05, 3.63) is 47.4 Å². The molecule has 1 aromatic carbocycles. The third kappa shape index (κ3) is 3.99. The van der Waals surface area contributed by atoms with E-state index in [-0.39, 0.29) is 29.2 Å². The summed E-state index contributed by atoms with van der Waals surface area (Å²) in [6.07, 6.45) is -8.07. The van der Waals surface area contributed by atoms with Gasteiger partial charge in [-0.1, -0.05) is 0 Å². The Morgan fingerprint density at radius 1 is 1.31 bits per heavy atom. The van der Waals surface area contributed by atoms with E-state index in [9.17, 15) is 36.2 Å². The second-order valence-corrected chi connectivity index (χ2v) is 7.52. The first-order valence-corrected chi connectivity index (χ1v) is 9.34. The molecule has 0 fully saturated rings. The average Bonchev–Trinajstić information content (AvgIpc) is 3.08. The van der Waals surface area contributed by atoms with Gasteiger partial charge in [0.1, 0.15) is 29.3 Å². The van der Waals surface area contributed by atoms with E-state index in [1.807, 2.05) is 5.32 Å². The second-order valence-electron chi connectivity index (χ2n) is 7.52. The van der Waals surface area contributed by atoms with Crippen LogP contribution in [-0.2, 0) is 15.8 Å². The molecular weight excluding hydrogens is 444 g/mol. The predicted molar refractivity (Wildman–Crippen MR) is 100 cm³/mol. The largest absolute Gasteiger partial charge is 0.489 e. The minimum absolute atomic E-state index is 0.0865. The fourth-order valence-electron chi connectivity index (χ4n) is 3.32. The molecule has 3 rings (SSSR count). The Hall–Kier alpha value is -2.86. The van der Waals surface area contributed by atoms with Crippen LogP contribution >= 0.6 is 0 Å². The van der Waals surface area contributed by atoms with Gasteiger partial charge >= 0.3 is 6.18 Å². The number of benzene rings is 1. The molecule has 0 unspecified atom stereocenters. The maximum absolute atomic E-state index is 13.7. The Kier molecular flexibility index (Phi) is 6.13. The lowest BCUT2D eigenvalue weighted by Crippen LogP contribution is -2.49. The van der Waals surface area contributed by atoms with Gasteiger partial charge in [0.25, 0.3) is 6.43 Å². The van der Waals surface area contributed by atoms with Crippen molar-refractivity contribution in [1.29, 1.82) is 0 Å². The van der Waals surface area contributed by atoms with E-state index < -0.39 is 54.1 Å². The number of nitrogens with one attached hydrogen (secondary N) is 1. The highest BCUT2D eigenvalue weighted by atomic mass is 19.4. The molecular formula is C20H19F6N3O3. The number of nitrogens with zero attached hydrogens (tertiary/aromatic N) is 1. The first-order valence-electron chi connectivity index (χ1n) is 9.34. The zero-order chi connectivity index (χ0) is 23.9. The molecule has 1 aromatic heterocycles. The second kappa shape index (κ2) is 8.24. The molecule has 1 amide bonds. The lowest BCUT2D eigenvalue weighted by atomic mass is 9.81. The Morgan fingerprint density at radius 3 is 2.47 bits per heavy atom. The highest BCUT2D eigenvalue weighted by Gasteiger charge is 2.56. The molecule has 12 heteroatoms. The molecule has 2 aromatic rings. The van der Waals surface area contributed by atoms with E-state index in [0.717, 1.165) is 18.2 Å². The van der Waals surface area contributed by atoms with Gasteiger partial charge in [0, 0.05) is 17.7 Å². The number of rotatable bonds is 6. The van der Waals surface area contributed by atoms with Gasteiger partial charge in [0.15, 0.2) is 0 Å². The van der Waals surface area contributed by atoms with Gasteiger partial charge in [-0.3, -0.25) is 4.79 Å². The summed E-state index contributed by atoms with van der Waals surface area (Å²) in [7, 11) is 0. The Balaban J connectivity index is 2.24. The van der Waals surface area contributed by atoms with Gasteiger partial charge in [0.05, 0.1) is 12.2 Å². The number of alkyl halides is 5. The van der Waals surface area contributed by atoms with Gasteiger partial charge in [-0.25, -0.2) is 18.2 Å². The van der Waals surface area contributed by atoms with E-state index in [2.05, 4.69) is 4.98 Å². The number of halogens is 6. The average molecular weight is 463 g/mol. The number of hydrogen-bond donors (Lipinski definition) is 3. The Morgan fingerprint density at radius 2 is 1.94 bits per heavy atom. The third-order valence-corrected chi connectivity index (χ3v) is 5.30. The van der Waals surface area contributed by atoms with Gasteiger partial charge in [0.2, 0.25) is 11.5 Å². The van der Waals surface area contributed by atoms with Gasteiger partial charge in [-0.2, -0.15) is 13.2 Å². The number of hydrogen-bond acceptors (Lipinski definition) is 5. The number of pyridine rings is 1. The maximum Gasteiger partial charge on any atom is 0.424 e. The summed E-state index contributed by atoms with van der Waals surface area (Å²) in [5.74, 6) is -1.62. The van der Waals surface area contributed by atoms with E-state index in [1.165, 1.54) is 19.1 Å². The molecule has 0 bridgehead atoms. The van der Waals surface area contributed by atoms with Crippen molar-refractivity contribution in [2.75, 3.05) is 19.7 Å². The van der Waals surface area contributed by atoms with Crippen molar-refractivity contribution in [3.8, 4) is 17.0 Å². The molecule has 0 aliphatic carbocycles. The molecule has 0 spiro atoms. The minimum atomic E-state index is -5.23. The van der Waals surface area contributed by atoms with Crippen molar-refractivity contribution in [2.45, 2.75) is 30.5 Å². The maximum atomic E-state index is 13.7. The summed E-state index contributed by atoms with van der Waals surface area (Å²) in [5, 5.41) is 12.4. The number of aromatic nitrogens is 1. The third-order valence-electron chi connectivity index (χ3n) is 5.30. The normalized spacial score (nSPS) is 19.9. The standard InChI is InChI=1S/C20H19F6N3O3/c1-18(17(30)28-7-14(22)23)9-32-16-12(18)6-13(19(31,8-27)20(24,25)26)29-15(16)10-2-4-11(21)5-3-10/h2-6,14,31H,7-9,27H2,1H3,(H,28,30)/t18-,19-/m0/s1. The molecule has 6 nitrogen and oxygen atoms in total. The molecule has 4 N–H and O–H groups in total. The first-order chi connectivity index (χ1) is 14.8. The van der Waals surface area contributed by atoms with Gasteiger partial charge in [-0.05, 0) is 37.3 Å². The molecule has 32 heavy (non-hydrogen) atoms. The van der Waals surface area contributed by atoms with Crippen LogP contribution in [0.5, 0.6) is 5.75 Å². The predicted octanol–water partition coefficient (Wildman–Crippen LogP) is 2.63. The minimum Gasteiger partial charge on any atom is -0.489 e. The molecule has 1 aliphatic rings. The zero-order valence-corrected chi connectivity index (χ0v) is 16.6. The number of carbonyl (C=O) groups excluding carboxylic acids is 1. The van der Waals surface area contributed by atoms with Crippen LogP contribution in [-0.4, -0.2) is 48.3 Å². The van der Waals surface area contributed by atoms with Crippen LogP contribution in [0.3, 0.4) is 0 Å². The van der Waals surface area contributed by atoms with E-state index in [1.54, 1.807) is 0 Å². The summed E-state index contributed by atoms with van der Waals surface area (Å²) in [6.45, 7) is -1.33. The summed E-state index contributed by atoms with van der Waals surface area (Å²) in [6, 6.07) is 5.37. The van der Waals surface area contributed by atoms with Crippen molar-refractivity contribution < 1.29 is 41.0 Å². The summed E-state index contributed by atoms with van der Waals surface area (Å²) >= 11 is 0. The van der Waals surface area contributed by atoms with Gasteiger partial charge in [-0.15, -0.1) is 0 Å². The Labute approximate surface area is 178 Å².